The Morgan fingerprint density at radius 2 is 1.96 bits per heavy atom. The van der Waals surface area contributed by atoms with Gasteiger partial charge >= 0.3 is 6.18 Å². The second-order valence-electron chi connectivity index (χ2n) is 6.51. The van der Waals surface area contributed by atoms with Gasteiger partial charge in [-0.25, -0.2) is 13.4 Å². The molecule has 2 aromatic heterocycles. The summed E-state index contributed by atoms with van der Waals surface area (Å²) in [6.07, 6.45) is 0.0246. The van der Waals surface area contributed by atoms with Crippen LogP contribution in [0.5, 0.6) is 0 Å². The van der Waals surface area contributed by atoms with E-state index in [1.807, 2.05) is 0 Å². The van der Waals surface area contributed by atoms with Crippen LogP contribution in [0.3, 0.4) is 0 Å². The first-order valence-corrected chi connectivity index (χ1v) is 10.1. The van der Waals surface area contributed by atoms with Crippen LogP contribution in [0.15, 0.2) is 12.4 Å². The molecule has 2 aromatic rings. The minimum Gasteiger partial charge on any atom is -0.372 e. The van der Waals surface area contributed by atoms with Gasteiger partial charge in [0.2, 0.25) is 5.95 Å². The number of nitrogens with zero attached hydrogens (tertiary/aromatic N) is 4. The van der Waals surface area contributed by atoms with Crippen LogP contribution in [0.25, 0.3) is 0 Å². The molecule has 0 radical (unpaired) electrons. The maximum atomic E-state index is 12.9. The van der Waals surface area contributed by atoms with Crippen molar-refractivity contribution >= 4 is 27.3 Å². The number of aromatic nitrogens is 4. The lowest BCUT2D eigenvalue weighted by Gasteiger charge is -2.33. The SMILES string of the molecule is CNc1nc(Nc2cn(C3CC(S(C)(=O)=O)C3)nc2C)ncc1C(F)(F)F. The number of aryl methyl sites for hydroxylation is 1. The number of nitrogens with one attached hydrogen (secondary N) is 2. The van der Waals surface area contributed by atoms with Crippen molar-refractivity contribution in [3.05, 3.63) is 23.7 Å². The molecule has 0 bridgehead atoms. The van der Waals surface area contributed by atoms with Crippen LogP contribution in [-0.4, -0.2) is 46.7 Å². The Morgan fingerprint density at radius 1 is 1.30 bits per heavy atom. The molecule has 27 heavy (non-hydrogen) atoms. The zero-order valence-electron chi connectivity index (χ0n) is 14.9. The molecule has 0 amide bonds. The largest absolute Gasteiger partial charge is 0.421 e. The fourth-order valence-electron chi connectivity index (χ4n) is 2.86. The third kappa shape index (κ3) is 3.99. The van der Waals surface area contributed by atoms with E-state index in [4.69, 9.17) is 0 Å². The van der Waals surface area contributed by atoms with E-state index in [9.17, 15) is 21.6 Å². The molecule has 0 saturated heterocycles. The summed E-state index contributed by atoms with van der Waals surface area (Å²) in [4.78, 5) is 7.58. The average molecular weight is 404 g/mol. The Labute approximate surface area is 154 Å². The Hall–Kier alpha value is -2.37. The van der Waals surface area contributed by atoms with E-state index in [1.54, 1.807) is 17.8 Å². The molecule has 3 rings (SSSR count). The predicted octanol–water partition coefficient (Wildman–Crippen LogP) is 2.53. The quantitative estimate of drug-likeness (QED) is 0.790. The second-order valence-corrected chi connectivity index (χ2v) is 8.84. The van der Waals surface area contributed by atoms with Crippen LogP contribution in [0.1, 0.15) is 30.1 Å². The van der Waals surface area contributed by atoms with Gasteiger partial charge in [-0.15, -0.1) is 0 Å². The summed E-state index contributed by atoms with van der Waals surface area (Å²) in [5.41, 5.74) is 0.191. The van der Waals surface area contributed by atoms with E-state index in [1.165, 1.54) is 13.3 Å². The maximum absolute atomic E-state index is 12.9. The van der Waals surface area contributed by atoms with Crippen LogP contribution in [0, 0.1) is 6.92 Å². The van der Waals surface area contributed by atoms with Gasteiger partial charge in [0.05, 0.1) is 22.7 Å². The molecule has 8 nitrogen and oxygen atoms in total. The monoisotopic (exact) mass is 404 g/mol. The van der Waals surface area contributed by atoms with Crippen LogP contribution in [-0.2, 0) is 16.0 Å². The molecule has 1 saturated carbocycles. The lowest BCUT2D eigenvalue weighted by Crippen LogP contribution is -2.37. The van der Waals surface area contributed by atoms with Crippen molar-refractivity contribution in [2.24, 2.45) is 0 Å². The fourth-order valence-corrected chi connectivity index (χ4v) is 4.00. The lowest BCUT2D eigenvalue weighted by molar-refractivity contribution is -0.137. The van der Waals surface area contributed by atoms with E-state index in [0.29, 0.717) is 30.4 Å². The first-order chi connectivity index (χ1) is 12.5. The Bertz CT molecular complexity index is 951. The summed E-state index contributed by atoms with van der Waals surface area (Å²) >= 11 is 0. The first kappa shape index (κ1) is 19.4. The van der Waals surface area contributed by atoms with Gasteiger partial charge in [0.25, 0.3) is 0 Å². The molecule has 0 aromatic carbocycles. The summed E-state index contributed by atoms with van der Waals surface area (Å²) in [5, 5.41) is 9.27. The van der Waals surface area contributed by atoms with Gasteiger partial charge in [-0.05, 0) is 19.8 Å². The van der Waals surface area contributed by atoms with Crippen LogP contribution < -0.4 is 10.6 Å². The van der Waals surface area contributed by atoms with Crippen molar-refractivity contribution in [1.29, 1.82) is 0 Å². The molecule has 1 aliphatic carbocycles. The number of halogens is 3. The highest BCUT2D eigenvalue weighted by Crippen LogP contribution is 2.37. The normalized spacial score (nSPS) is 20.2. The molecule has 148 valence electrons. The Morgan fingerprint density at radius 3 is 2.52 bits per heavy atom. The highest BCUT2D eigenvalue weighted by molar-refractivity contribution is 7.91. The molecular weight excluding hydrogens is 385 g/mol. The maximum Gasteiger partial charge on any atom is 0.421 e. The van der Waals surface area contributed by atoms with Gasteiger partial charge in [-0.2, -0.15) is 23.3 Å². The van der Waals surface area contributed by atoms with E-state index in [2.05, 4.69) is 25.7 Å². The van der Waals surface area contributed by atoms with Crippen molar-refractivity contribution in [3.63, 3.8) is 0 Å². The van der Waals surface area contributed by atoms with Crippen molar-refractivity contribution in [3.8, 4) is 0 Å². The topological polar surface area (TPSA) is 102 Å². The van der Waals surface area contributed by atoms with Gasteiger partial charge in [0, 0.05) is 25.7 Å². The van der Waals surface area contributed by atoms with E-state index in [0.717, 1.165) is 0 Å². The summed E-state index contributed by atoms with van der Waals surface area (Å²) < 4.78 is 63.4. The van der Waals surface area contributed by atoms with Crippen LogP contribution in [0.2, 0.25) is 0 Å². The molecule has 0 spiro atoms. The highest BCUT2D eigenvalue weighted by atomic mass is 32.2. The third-order valence-corrected chi connectivity index (χ3v) is 6.14. The van der Waals surface area contributed by atoms with Crippen molar-refractivity contribution in [1.82, 2.24) is 19.7 Å². The van der Waals surface area contributed by atoms with Crippen molar-refractivity contribution in [2.75, 3.05) is 23.9 Å². The fraction of sp³-hybridized carbons (Fsp3) is 0.533. The minimum atomic E-state index is -4.56. The van der Waals surface area contributed by atoms with Crippen molar-refractivity contribution < 1.29 is 21.6 Å². The highest BCUT2D eigenvalue weighted by Gasteiger charge is 2.38. The molecule has 0 atom stereocenters. The zero-order chi connectivity index (χ0) is 20.0. The summed E-state index contributed by atoms with van der Waals surface area (Å²) in [6.45, 7) is 1.73. The predicted molar refractivity (Wildman–Crippen MR) is 93.7 cm³/mol. The number of rotatable bonds is 5. The molecule has 0 aliphatic heterocycles. The molecule has 1 fully saturated rings. The van der Waals surface area contributed by atoms with Gasteiger partial charge in [-0.1, -0.05) is 0 Å². The number of anilines is 3. The third-order valence-electron chi connectivity index (χ3n) is 4.54. The van der Waals surface area contributed by atoms with Gasteiger partial charge in [0.1, 0.15) is 21.2 Å². The molecular formula is C15H19F3N6O2S. The smallest absolute Gasteiger partial charge is 0.372 e. The lowest BCUT2D eigenvalue weighted by atomic mass is 9.92. The van der Waals surface area contributed by atoms with E-state index in [-0.39, 0.29) is 23.1 Å². The number of hydrogen-bond donors (Lipinski definition) is 2. The molecule has 2 N–H and O–H groups in total. The molecule has 0 unspecified atom stereocenters. The van der Waals surface area contributed by atoms with E-state index < -0.39 is 21.6 Å². The first-order valence-electron chi connectivity index (χ1n) is 8.12. The summed E-state index contributed by atoms with van der Waals surface area (Å²) in [5.74, 6) is -0.336. The zero-order valence-corrected chi connectivity index (χ0v) is 15.7. The number of hydrogen-bond acceptors (Lipinski definition) is 7. The molecule has 1 aliphatic rings. The standard InChI is InChI=1S/C15H19F3N6O2S/c1-8-12(7-24(23-8)9-4-10(5-9)27(3,25)26)21-14-20-6-11(15(16,17)18)13(19-2)22-14/h6-7,9-10H,4-5H2,1-3H3,(H2,19,20,21,22). The summed E-state index contributed by atoms with van der Waals surface area (Å²) in [6, 6.07) is -0.0274. The molecule has 2 heterocycles. The number of sulfone groups is 1. The van der Waals surface area contributed by atoms with E-state index >= 15 is 0 Å². The second kappa shape index (κ2) is 6.66. The van der Waals surface area contributed by atoms with Gasteiger partial charge < -0.3 is 10.6 Å². The van der Waals surface area contributed by atoms with Crippen molar-refractivity contribution in [2.45, 2.75) is 37.2 Å². The van der Waals surface area contributed by atoms with Gasteiger partial charge in [-0.3, -0.25) is 4.68 Å². The Balaban J connectivity index is 1.77. The van der Waals surface area contributed by atoms with Crippen LogP contribution >= 0.6 is 0 Å². The molecule has 12 heteroatoms. The average Bonchev–Trinajstić information content (AvgIpc) is 2.83. The number of alkyl halides is 3. The Kier molecular flexibility index (Phi) is 4.78. The van der Waals surface area contributed by atoms with Gasteiger partial charge in [0.15, 0.2) is 0 Å². The summed E-state index contributed by atoms with van der Waals surface area (Å²) in [7, 11) is -1.71. The minimum absolute atomic E-state index is 0.00220. The van der Waals surface area contributed by atoms with Crippen LogP contribution in [0.4, 0.5) is 30.6 Å².